The number of nitrogens with one attached hydrogen (secondary N) is 1. The van der Waals surface area contributed by atoms with Crippen LogP contribution in [0.3, 0.4) is 0 Å². The Labute approximate surface area is 138 Å². The third-order valence-corrected chi connectivity index (χ3v) is 4.43. The van der Waals surface area contributed by atoms with Crippen LogP contribution in [0.5, 0.6) is 5.75 Å². The largest absolute Gasteiger partial charge is 0.490 e. The summed E-state index contributed by atoms with van der Waals surface area (Å²) in [6.07, 6.45) is 7.42. The van der Waals surface area contributed by atoms with Gasteiger partial charge in [0, 0.05) is 18.2 Å². The molecule has 1 aromatic carbocycles. The van der Waals surface area contributed by atoms with Gasteiger partial charge in [0.05, 0.1) is 6.10 Å². The van der Waals surface area contributed by atoms with Crippen molar-refractivity contribution < 1.29 is 9.53 Å². The Morgan fingerprint density at radius 3 is 2.68 bits per heavy atom. The van der Waals surface area contributed by atoms with Gasteiger partial charge in [-0.3, -0.25) is 4.79 Å². The van der Waals surface area contributed by atoms with Crippen molar-refractivity contribution in [2.45, 2.75) is 50.7 Å². The summed E-state index contributed by atoms with van der Waals surface area (Å²) in [6, 6.07) is 7.53. The molecule has 3 rings (SSSR count). The maximum absolute atomic E-state index is 12.2. The number of benzene rings is 1. The van der Waals surface area contributed by atoms with Crippen LogP contribution < -0.4 is 15.8 Å². The fourth-order valence-electron chi connectivity index (χ4n) is 2.91. The first-order valence-electron chi connectivity index (χ1n) is 8.03. The summed E-state index contributed by atoms with van der Waals surface area (Å²) in [5.41, 5.74) is 6.65. The number of carbonyl (C=O) groups excluding carboxylic acids is 1. The van der Waals surface area contributed by atoms with Gasteiger partial charge in [-0.15, -0.1) is 12.4 Å². The predicted octanol–water partition coefficient (Wildman–Crippen LogP) is 2.90. The van der Waals surface area contributed by atoms with Crippen molar-refractivity contribution in [3.05, 3.63) is 29.8 Å². The first kappa shape index (κ1) is 17.1. The van der Waals surface area contributed by atoms with E-state index in [0.29, 0.717) is 24.1 Å². The van der Waals surface area contributed by atoms with Gasteiger partial charge in [-0.2, -0.15) is 0 Å². The lowest BCUT2D eigenvalue weighted by Gasteiger charge is -2.14. The SMILES string of the molecule is Cl.NC(CNC(=O)c1cccc(OC2CCCC2)c1)C1CC1. The summed E-state index contributed by atoms with van der Waals surface area (Å²) in [5, 5.41) is 2.92. The number of hydrogen-bond donors (Lipinski definition) is 2. The third kappa shape index (κ3) is 4.62. The van der Waals surface area contributed by atoms with E-state index in [9.17, 15) is 4.79 Å². The summed E-state index contributed by atoms with van der Waals surface area (Å²) in [6.45, 7) is 0.553. The van der Waals surface area contributed by atoms with Crippen molar-refractivity contribution in [3.8, 4) is 5.75 Å². The lowest BCUT2D eigenvalue weighted by molar-refractivity contribution is 0.0949. The van der Waals surface area contributed by atoms with E-state index in [1.807, 2.05) is 24.3 Å². The fraction of sp³-hybridized carbons (Fsp3) is 0.588. The molecule has 122 valence electrons. The van der Waals surface area contributed by atoms with E-state index in [4.69, 9.17) is 10.5 Å². The molecule has 5 heteroatoms. The molecular formula is C17H25ClN2O2. The molecule has 2 aliphatic rings. The first-order chi connectivity index (χ1) is 10.2. The Morgan fingerprint density at radius 2 is 2.00 bits per heavy atom. The van der Waals surface area contributed by atoms with E-state index < -0.39 is 0 Å². The van der Waals surface area contributed by atoms with E-state index in [0.717, 1.165) is 18.6 Å². The van der Waals surface area contributed by atoms with E-state index in [-0.39, 0.29) is 24.4 Å². The van der Waals surface area contributed by atoms with Crippen LogP contribution in [0.1, 0.15) is 48.9 Å². The highest BCUT2D eigenvalue weighted by atomic mass is 35.5. The average Bonchev–Trinajstić information content (AvgIpc) is 3.23. The summed E-state index contributed by atoms with van der Waals surface area (Å²) >= 11 is 0. The summed E-state index contributed by atoms with van der Waals surface area (Å²) in [5.74, 6) is 1.33. The Balaban J connectivity index is 0.00000176. The molecule has 0 radical (unpaired) electrons. The van der Waals surface area contributed by atoms with Crippen molar-refractivity contribution in [3.63, 3.8) is 0 Å². The van der Waals surface area contributed by atoms with Crippen molar-refractivity contribution >= 4 is 18.3 Å². The zero-order chi connectivity index (χ0) is 14.7. The van der Waals surface area contributed by atoms with Crippen LogP contribution in [0.25, 0.3) is 0 Å². The van der Waals surface area contributed by atoms with Gasteiger partial charge in [0.15, 0.2) is 0 Å². The molecule has 2 aliphatic carbocycles. The minimum atomic E-state index is -0.0667. The molecule has 0 spiro atoms. The number of amides is 1. The van der Waals surface area contributed by atoms with E-state index >= 15 is 0 Å². The number of hydrogen-bond acceptors (Lipinski definition) is 3. The maximum Gasteiger partial charge on any atom is 0.251 e. The Kier molecular flexibility index (Phi) is 6.09. The number of nitrogens with two attached hydrogens (primary N) is 1. The summed E-state index contributed by atoms with van der Waals surface area (Å²) in [7, 11) is 0. The molecule has 1 atom stereocenters. The van der Waals surface area contributed by atoms with E-state index in [2.05, 4.69) is 5.32 Å². The number of halogens is 1. The van der Waals surface area contributed by atoms with Gasteiger partial charge in [-0.05, 0) is 62.6 Å². The molecule has 0 bridgehead atoms. The highest BCUT2D eigenvalue weighted by Gasteiger charge is 2.28. The Hall–Kier alpha value is -1.26. The van der Waals surface area contributed by atoms with Crippen molar-refractivity contribution in [1.82, 2.24) is 5.32 Å². The van der Waals surface area contributed by atoms with Crippen LogP contribution in [-0.2, 0) is 0 Å². The fourth-order valence-corrected chi connectivity index (χ4v) is 2.91. The lowest BCUT2D eigenvalue weighted by Crippen LogP contribution is -2.38. The predicted molar refractivity (Wildman–Crippen MR) is 89.6 cm³/mol. The summed E-state index contributed by atoms with van der Waals surface area (Å²) in [4.78, 5) is 12.2. The second kappa shape index (κ2) is 7.84. The average molecular weight is 325 g/mol. The molecule has 2 fully saturated rings. The normalized spacial score (nSPS) is 19.3. The van der Waals surface area contributed by atoms with E-state index in [1.165, 1.54) is 25.7 Å². The van der Waals surface area contributed by atoms with Gasteiger partial charge >= 0.3 is 0 Å². The van der Waals surface area contributed by atoms with Crippen LogP contribution in [0, 0.1) is 5.92 Å². The molecule has 0 heterocycles. The van der Waals surface area contributed by atoms with Gasteiger partial charge in [-0.25, -0.2) is 0 Å². The Morgan fingerprint density at radius 1 is 1.27 bits per heavy atom. The molecule has 1 amide bonds. The molecule has 4 nitrogen and oxygen atoms in total. The molecule has 3 N–H and O–H groups in total. The van der Waals surface area contributed by atoms with Crippen LogP contribution >= 0.6 is 12.4 Å². The van der Waals surface area contributed by atoms with Crippen LogP contribution in [0.15, 0.2) is 24.3 Å². The molecule has 1 aromatic rings. The standard InChI is InChI=1S/C17H24N2O2.ClH/c18-16(12-8-9-12)11-19-17(20)13-4-3-7-15(10-13)21-14-5-1-2-6-14;/h3-4,7,10,12,14,16H,1-2,5-6,8-9,11,18H2,(H,19,20);1H. The Bertz CT molecular complexity index is 499. The van der Waals surface area contributed by atoms with Gasteiger partial charge in [0.2, 0.25) is 0 Å². The number of rotatable bonds is 6. The second-order valence-electron chi connectivity index (χ2n) is 6.26. The van der Waals surface area contributed by atoms with Crippen molar-refractivity contribution in [2.75, 3.05) is 6.54 Å². The van der Waals surface area contributed by atoms with Gasteiger partial charge in [0.1, 0.15) is 5.75 Å². The smallest absolute Gasteiger partial charge is 0.251 e. The number of ether oxygens (including phenoxy) is 1. The van der Waals surface area contributed by atoms with Gasteiger partial charge in [0.25, 0.3) is 5.91 Å². The second-order valence-corrected chi connectivity index (χ2v) is 6.26. The minimum absolute atomic E-state index is 0. The molecule has 0 saturated heterocycles. The maximum atomic E-state index is 12.2. The zero-order valence-electron chi connectivity index (χ0n) is 12.8. The van der Waals surface area contributed by atoms with Gasteiger partial charge in [-0.1, -0.05) is 6.07 Å². The monoisotopic (exact) mass is 324 g/mol. The highest BCUT2D eigenvalue weighted by molar-refractivity contribution is 5.94. The zero-order valence-corrected chi connectivity index (χ0v) is 13.6. The number of carbonyl (C=O) groups is 1. The van der Waals surface area contributed by atoms with Crippen LogP contribution in [0.4, 0.5) is 0 Å². The van der Waals surface area contributed by atoms with Crippen molar-refractivity contribution in [2.24, 2.45) is 11.7 Å². The van der Waals surface area contributed by atoms with Crippen molar-refractivity contribution in [1.29, 1.82) is 0 Å². The third-order valence-electron chi connectivity index (χ3n) is 4.43. The topological polar surface area (TPSA) is 64.3 Å². The van der Waals surface area contributed by atoms with Gasteiger partial charge < -0.3 is 15.8 Å². The quantitative estimate of drug-likeness (QED) is 0.845. The molecule has 0 aliphatic heterocycles. The first-order valence-corrected chi connectivity index (χ1v) is 8.03. The molecule has 2 saturated carbocycles. The molecule has 0 aromatic heterocycles. The van der Waals surface area contributed by atoms with Crippen LogP contribution in [0.2, 0.25) is 0 Å². The molecule has 1 unspecified atom stereocenters. The summed E-state index contributed by atoms with van der Waals surface area (Å²) < 4.78 is 5.94. The lowest BCUT2D eigenvalue weighted by atomic mass is 10.1. The van der Waals surface area contributed by atoms with Crippen LogP contribution in [-0.4, -0.2) is 24.6 Å². The minimum Gasteiger partial charge on any atom is -0.490 e. The molecule has 22 heavy (non-hydrogen) atoms. The highest BCUT2D eigenvalue weighted by Crippen LogP contribution is 2.31. The van der Waals surface area contributed by atoms with E-state index in [1.54, 1.807) is 0 Å². The molecular weight excluding hydrogens is 300 g/mol.